The molecule has 2 heterocycles. The first-order valence-electron chi connectivity index (χ1n) is 7.02. The van der Waals surface area contributed by atoms with Crippen molar-refractivity contribution in [3.8, 4) is 0 Å². The highest BCUT2D eigenvalue weighted by atomic mass is 15.2. The number of likely N-dealkylation sites (tertiary alicyclic amines) is 1. The number of hydrogen-bond donors (Lipinski definition) is 1. The Hall–Kier alpha value is -1.06. The Morgan fingerprint density at radius 3 is 2.67 bits per heavy atom. The van der Waals surface area contributed by atoms with E-state index in [1.807, 2.05) is 6.07 Å². The van der Waals surface area contributed by atoms with Gasteiger partial charge in [0.1, 0.15) is 0 Å². The van der Waals surface area contributed by atoms with Crippen LogP contribution in [-0.2, 0) is 13.0 Å². The van der Waals surface area contributed by atoms with E-state index in [4.69, 9.17) is 5.73 Å². The van der Waals surface area contributed by atoms with Gasteiger partial charge in [0.2, 0.25) is 0 Å². The molecule has 1 aromatic carbocycles. The van der Waals surface area contributed by atoms with Crippen molar-refractivity contribution in [2.45, 2.75) is 31.8 Å². The Kier molecular flexibility index (Phi) is 3.27. The maximum absolute atomic E-state index is 5.86. The molecule has 1 saturated heterocycles. The van der Waals surface area contributed by atoms with E-state index in [0.29, 0.717) is 0 Å². The zero-order valence-electron chi connectivity index (χ0n) is 11.2. The minimum atomic E-state index is 0.784. The number of nitrogens with zero attached hydrogens (tertiary/aromatic N) is 2. The van der Waals surface area contributed by atoms with Crippen molar-refractivity contribution < 1.29 is 0 Å². The summed E-state index contributed by atoms with van der Waals surface area (Å²) < 4.78 is 0. The van der Waals surface area contributed by atoms with Crippen LogP contribution in [0.2, 0.25) is 0 Å². The molecule has 1 fully saturated rings. The number of piperidine rings is 1. The number of benzene rings is 1. The van der Waals surface area contributed by atoms with Gasteiger partial charge in [-0.05, 0) is 62.7 Å². The number of nitrogen functional groups attached to an aromatic ring is 1. The van der Waals surface area contributed by atoms with E-state index >= 15 is 0 Å². The number of anilines is 1. The highest BCUT2D eigenvalue weighted by Crippen LogP contribution is 2.25. The van der Waals surface area contributed by atoms with E-state index in [9.17, 15) is 0 Å². The maximum Gasteiger partial charge on any atom is 0.0316 e. The minimum absolute atomic E-state index is 0.784. The van der Waals surface area contributed by atoms with Gasteiger partial charge < -0.3 is 10.6 Å². The van der Waals surface area contributed by atoms with Crippen LogP contribution in [0.1, 0.15) is 24.0 Å². The second-order valence-corrected chi connectivity index (χ2v) is 5.78. The summed E-state index contributed by atoms with van der Waals surface area (Å²) in [4.78, 5) is 5.11. The SMILES string of the molecule is CN1CCC(N2CCc3cc(N)ccc3C2)CC1. The molecular formula is C15H23N3. The van der Waals surface area contributed by atoms with E-state index in [0.717, 1.165) is 24.7 Å². The Morgan fingerprint density at radius 2 is 1.89 bits per heavy atom. The highest BCUT2D eigenvalue weighted by molar-refractivity contribution is 5.45. The third kappa shape index (κ3) is 2.38. The zero-order valence-corrected chi connectivity index (χ0v) is 11.2. The van der Waals surface area contributed by atoms with Gasteiger partial charge in [-0.15, -0.1) is 0 Å². The van der Waals surface area contributed by atoms with E-state index < -0.39 is 0 Å². The predicted molar refractivity (Wildman–Crippen MR) is 75.5 cm³/mol. The molecule has 3 heteroatoms. The molecule has 0 aromatic heterocycles. The van der Waals surface area contributed by atoms with Gasteiger partial charge in [-0.2, -0.15) is 0 Å². The fraction of sp³-hybridized carbons (Fsp3) is 0.600. The van der Waals surface area contributed by atoms with Gasteiger partial charge in [0.15, 0.2) is 0 Å². The molecule has 0 bridgehead atoms. The average Bonchev–Trinajstić information content (AvgIpc) is 2.39. The van der Waals surface area contributed by atoms with E-state index in [1.165, 1.54) is 43.6 Å². The largest absolute Gasteiger partial charge is 0.399 e. The monoisotopic (exact) mass is 245 g/mol. The third-order valence-electron chi connectivity index (χ3n) is 4.48. The van der Waals surface area contributed by atoms with Crippen molar-refractivity contribution in [1.82, 2.24) is 9.80 Å². The van der Waals surface area contributed by atoms with Gasteiger partial charge in [-0.25, -0.2) is 0 Å². The minimum Gasteiger partial charge on any atom is -0.399 e. The van der Waals surface area contributed by atoms with Crippen molar-refractivity contribution in [1.29, 1.82) is 0 Å². The number of hydrogen-bond acceptors (Lipinski definition) is 3. The lowest BCUT2D eigenvalue weighted by atomic mass is 9.95. The molecule has 0 atom stereocenters. The first-order valence-corrected chi connectivity index (χ1v) is 7.02. The average molecular weight is 245 g/mol. The Bertz CT molecular complexity index is 422. The Balaban J connectivity index is 1.69. The van der Waals surface area contributed by atoms with Crippen LogP contribution in [0, 0.1) is 0 Å². The van der Waals surface area contributed by atoms with Gasteiger partial charge >= 0.3 is 0 Å². The summed E-state index contributed by atoms with van der Waals surface area (Å²) in [6, 6.07) is 7.19. The number of rotatable bonds is 1. The summed E-state index contributed by atoms with van der Waals surface area (Å²) in [5.74, 6) is 0. The molecule has 0 amide bonds. The molecule has 0 unspecified atom stereocenters. The predicted octanol–water partition coefficient (Wildman–Crippen LogP) is 1.72. The first kappa shape index (κ1) is 12.0. The quantitative estimate of drug-likeness (QED) is 0.765. The van der Waals surface area contributed by atoms with Crippen LogP contribution < -0.4 is 5.73 Å². The Labute approximate surface area is 110 Å². The van der Waals surface area contributed by atoms with Crippen LogP contribution in [-0.4, -0.2) is 42.5 Å². The first-order chi connectivity index (χ1) is 8.72. The molecule has 18 heavy (non-hydrogen) atoms. The van der Waals surface area contributed by atoms with E-state index in [1.54, 1.807) is 0 Å². The molecule has 0 radical (unpaired) electrons. The van der Waals surface area contributed by atoms with Gasteiger partial charge in [-0.1, -0.05) is 6.07 Å². The fourth-order valence-corrected chi connectivity index (χ4v) is 3.27. The lowest BCUT2D eigenvalue weighted by molar-refractivity contribution is 0.110. The third-order valence-corrected chi connectivity index (χ3v) is 4.48. The van der Waals surface area contributed by atoms with Crippen LogP contribution in [0.15, 0.2) is 18.2 Å². The smallest absolute Gasteiger partial charge is 0.0316 e. The molecule has 2 aliphatic rings. The summed E-state index contributed by atoms with van der Waals surface area (Å²) in [5.41, 5.74) is 9.70. The number of nitrogens with two attached hydrogens (primary N) is 1. The summed E-state index contributed by atoms with van der Waals surface area (Å²) in [5, 5.41) is 0. The lowest BCUT2D eigenvalue weighted by Crippen LogP contribution is -2.45. The van der Waals surface area contributed by atoms with Gasteiger partial charge in [0.25, 0.3) is 0 Å². The van der Waals surface area contributed by atoms with Gasteiger partial charge in [0, 0.05) is 24.8 Å². The number of fused-ring (bicyclic) bond motifs is 1. The van der Waals surface area contributed by atoms with Crippen molar-refractivity contribution >= 4 is 5.69 Å². The van der Waals surface area contributed by atoms with Gasteiger partial charge in [-0.3, -0.25) is 4.90 Å². The maximum atomic E-state index is 5.86. The van der Waals surface area contributed by atoms with Crippen LogP contribution in [0.25, 0.3) is 0 Å². The van der Waals surface area contributed by atoms with Crippen molar-refractivity contribution in [3.63, 3.8) is 0 Å². The van der Waals surface area contributed by atoms with E-state index in [-0.39, 0.29) is 0 Å². The molecule has 0 spiro atoms. The fourth-order valence-electron chi connectivity index (χ4n) is 3.27. The zero-order chi connectivity index (χ0) is 12.5. The second-order valence-electron chi connectivity index (χ2n) is 5.78. The normalized spacial score (nSPS) is 22.9. The standard InChI is InChI=1S/C15H23N3/c1-17-7-5-15(6-8-17)18-9-4-12-10-14(16)3-2-13(12)11-18/h2-3,10,15H,4-9,11,16H2,1H3. The molecule has 0 saturated carbocycles. The molecular weight excluding hydrogens is 222 g/mol. The molecule has 2 N–H and O–H groups in total. The summed E-state index contributed by atoms with van der Waals surface area (Å²) in [7, 11) is 2.23. The van der Waals surface area contributed by atoms with Crippen molar-refractivity contribution in [3.05, 3.63) is 29.3 Å². The molecule has 1 aromatic rings. The molecule has 0 aliphatic carbocycles. The van der Waals surface area contributed by atoms with Crippen LogP contribution in [0.4, 0.5) is 5.69 Å². The molecule has 98 valence electrons. The lowest BCUT2D eigenvalue weighted by Gasteiger charge is -2.39. The van der Waals surface area contributed by atoms with E-state index in [2.05, 4.69) is 29.0 Å². The van der Waals surface area contributed by atoms with Crippen LogP contribution in [0.5, 0.6) is 0 Å². The van der Waals surface area contributed by atoms with Gasteiger partial charge in [0.05, 0.1) is 0 Å². The summed E-state index contributed by atoms with van der Waals surface area (Å²) in [6.07, 6.45) is 3.80. The molecule has 3 nitrogen and oxygen atoms in total. The molecule has 3 rings (SSSR count). The van der Waals surface area contributed by atoms with Crippen molar-refractivity contribution in [2.24, 2.45) is 0 Å². The van der Waals surface area contributed by atoms with Crippen molar-refractivity contribution in [2.75, 3.05) is 32.4 Å². The highest BCUT2D eigenvalue weighted by Gasteiger charge is 2.26. The summed E-state index contributed by atoms with van der Waals surface area (Å²) in [6.45, 7) is 4.81. The topological polar surface area (TPSA) is 32.5 Å². The molecule has 2 aliphatic heterocycles. The second kappa shape index (κ2) is 4.90. The Morgan fingerprint density at radius 1 is 1.11 bits per heavy atom. The van der Waals surface area contributed by atoms with Crippen LogP contribution in [0.3, 0.4) is 0 Å². The van der Waals surface area contributed by atoms with Crippen LogP contribution >= 0.6 is 0 Å². The summed E-state index contributed by atoms with van der Waals surface area (Å²) >= 11 is 0.